The molecule has 0 saturated carbocycles. The van der Waals surface area contributed by atoms with E-state index in [1.54, 1.807) is 11.0 Å². The van der Waals surface area contributed by atoms with Crippen LogP contribution in [0.25, 0.3) is 0 Å². The van der Waals surface area contributed by atoms with Gasteiger partial charge >= 0.3 is 0 Å². The van der Waals surface area contributed by atoms with E-state index in [1.165, 1.54) is 10.6 Å². The molecule has 17 heavy (non-hydrogen) atoms. The van der Waals surface area contributed by atoms with E-state index in [2.05, 4.69) is 0 Å². The number of aryl methyl sites for hydroxylation is 1. The molecule has 2 rings (SSSR count). The summed E-state index contributed by atoms with van der Waals surface area (Å²) in [4.78, 5) is 25.3. The van der Waals surface area contributed by atoms with Gasteiger partial charge in [0, 0.05) is 24.8 Å². The van der Waals surface area contributed by atoms with Gasteiger partial charge in [0.15, 0.2) is 0 Å². The van der Waals surface area contributed by atoms with Crippen LogP contribution < -0.4 is 5.56 Å². The molecule has 1 aliphatic heterocycles. The number of aromatic nitrogens is 1. The molecule has 0 radical (unpaired) electrons. The van der Waals surface area contributed by atoms with E-state index >= 15 is 0 Å². The van der Waals surface area contributed by atoms with Gasteiger partial charge in [-0.1, -0.05) is 6.07 Å². The third-order valence-electron chi connectivity index (χ3n) is 2.93. The van der Waals surface area contributed by atoms with Gasteiger partial charge in [0.1, 0.15) is 6.54 Å². The predicted molar refractivity (Wildman–Crippen MR) is 62.8 cm³/mol. The van der Waals surface area contributed by atoms with Crippen molar-refractivity contribution in [3.63, 3.8) is 0 Å². The Labute approximate surface area is 99.6 Å². The first-order valence-electron chi connectivity index (χ1n) is 5.70. The van der Waals surface area contributed by atoms with Crippen LogP contribution in [0.1, 0.15) is 5.69 Å². The molecular weight excluding hydrogens is 220 g/mol. The second-order valence-electron chi connectivity index (χ2n) is 4.08. The third kappa shape index (κ3) is 2.74. The molecule has 1 aromatic rings. The summed E-state index contributed by atoms with van der Waals surface area (Å²) >= 11 is 0. The van der Waals surface area contributed by atoms with Gasteiger partial charge in [0.25, 0.3) is 5.56 Å². The Morgan fingerprint density at radius 2 is 2.06 bits per heavy atom. The van der Waals surface area contributed by atoms with Crippen LogP contribution >= 0.6 is 0 Å². The Morgan fingerprint density at radius 3 is 2.71 bits per heavy atom. The highest BCUT2D eigenvalue weighted by Crippen LogP contribution is 2.00. The van der Waals surface area contributed by atoms with Crippen molar-refractivity contribution in [1.29, 1.82) is 0 Å². The second-order valence-corrected chi connectivity index (χ2v) is 4.08. The molecule has 5 nitrogen and oxygen atoms in total. The zero-order chi connectivity index (χ0) is 12.3. The average molecular weight is 236 g/mol. The van der Waals surface area contributed by atoms with Gasteiger partial charge in [-0.3, -0.25) is 9.59 Å². The first-order chi connectivity index (χ1) is 8.18. The maximum absolute atomic E-state index is 12.0. The predicted octanol–water partition coefficient (Wildman–Crippen LogP) is 0.0155. The lowest BCUT2D eigenvalue weighted by Crippen LogP contribution is -2.43. The van der Waals surface area contributed by atoms with E-state index in [1.807, 2.05) is 13.0 Å². The first kappa shape index (κ1) is 11.9. The fourth-order valence-electron chi connectivity index (χ4n) is 1.87. The van der Waals surface area contributed by atoms with Crippen molar-refractivity contribution in [1.82, 2.24) is 9.47 Å². The highest BCUT2D eigenvalue weighted by atomic mass is 16.5. The quantitative estimate of drug-likeness (QED) is 0.727. The summed E-state index contributed by atoms with van der Waals surface area (Å²) in [5, 5.41) is 0. The number of hydrogen-bond acceptors (Lipinski definition) is 3. The maximum Gasteiger partial charge on any atom is 0.251 e. The smallest absolute Gasteiger partial charge is 0.251 e. The van der Waals surface area contributed by atoms with E-state index in [9.17, 15) is 9.59 Å². The molecule has 0 unspecified atom stereocenters. The van der Waals surface area contributed by atoms with Gasteiger partial charge in [0.2, 0.25) is 5.91 Å². The molecule has 1 aromatic heterocycles. The molecule has 0 aliphatic carbocycles. The highest BCUT2D eigenvalue weighted by molar-refractivity contribution is 5.76. The van der Waals surface area contributed by atoms with Crippen LogP contribution in [-0.2, 0) is 16.1 Å². The topological polar surface area (TPSA) is 51.5 Å². The fraction of sp³-hybridized carbons (Fsp3) is 0.500. The molecule has 0 bridgehead atoms. The Morgan fingerprint density at radius 1 is 1.35 bits per heavy atom. The SMILES string of the molecule is Cc1cccc(=O)n1CC(=O)N1CCOCC1. The van der Waals surface area contributed by atoms with Gasteiger partial charge in [0.05, 0.1) is 13.2 Å². The van der Waals surface area contributed by atoms with Crippen molar-refractivity contribution < 1.29 is 9.53 Å². The number of pyridine rings is 1. The summed E-state index contributed by atoms with van der Waals surface area (Å²) < 4.78 is 6.68. The molecule has 0 aromatic carbocycles. The van der Waals surface area contributed by atoms with E-state index in [0.29, 0.717) is 26.3 Å². The highest BCUT2D eigenvalue weighted by Gasteiger charge is 2.17. The van der Waals surface area contributed by atoms with Gasteiger partial charge in [-0.05, 0) is 13.0 Å². The van der Waals surface area contributed by atoms with Gasteiger partial charge in [-0.2, -0.15) is 0 Å². The van der Waals surface area contributed by atoms with Crippen molar-refractivity contribution in [3.8, 4) is 0 Å². The van der Waals surface area contributed by atoms with Crippen LogP contribution in [0.5, 0.6) is 0 Å². The van der Waals surface area contributed by atoms with E-state index < -0.39 is 0 Å². The minimum Gasteiger partial charge on any atom is -0.378 e. The van der Waals surface area contributed by atoms with Crippen LogP contribution in [0.15, 0.2) is 23.0 Å². The van der Waals surface area contributed by atoms with E-state index in [4.69, 9.17) is 4.74 Å². The van der Waals surface area contributed by atoms with Crippen molar-refractivity contribution in [2.75, 3.05) is 26.3 Å². The van der Waals surface area contributed by atoms with Crippen LogP contribution in [0.3, 0.4) is 0 Å². The molecule has 0 N–H and O–H groups in total. The van der Waals surface area contributed by atoms with E-state index in [0.717, 1.165) is 5.69 Å². The largest absolute Gasteiger partial charge is 0.378 e. The number of amides is 1. The Kier molecular flexibility index (Phi) is 3.58. The zero-order valence-corrected chi connectivity index (χ0v) is 9.89. The maximum atomic E-state index is 12.0. The number of morpholine rings is 1. The lowest BCUT2D eigenvalue weighted by molar-refractivity contribution is -0.136. The second kappa shape index (κ2) is 5.14. The molecule has 92 valence electrons. The molecule has 1 amide bonds. The number of carbonyl (C=O) groups excluding carboxylic acids is 1. The summed E-state index contributed by atoms with van der Waals surface area (Å²) in [5.41, 5.74) is 0.672. The summed E-state index contributed by atoms with van der Waals surface area (Å²) in [6.07, 6.45) is 0. The van der Waals surface area contributed by atoms with Crippen molar-refractivity contribution in [3.05, 3.63) is 34.2 Å². The van der Waals surface area contributed by atoms with Crippen LogP contribution in [-0.4, -0.2) is 41.7 Å². The van der Waals surface area contributed by atoms with Crippen LogP contribution in [0.4, 0.5) is 0 Å². The molecular formula is C12H16N2O3. The Bertz CT molecular complexity index is 461. The molecule has 0 atom stereocenters. The third-order valence-corrected chi connectivity index (χ3v) is 2.93. The van der Waals surface area contributed by atoms with Crippen LogP contribution in [0.2, 0.25) is 0 Å². The number of rotatable bonds is 2. The Balaban J connectivity index is 2.10. The molecule has 1 fully saturated rings. The molecule has 2 heterocycles. The molecule has 1 saturated heterocycles. The van der Waals surface area contributed by atoms with Crippen molar-refractivity contribution >= 4 is 5.91 Å². The van der Waals surface area contributed by atoms with Crippen molar-refractivity contribution in [2.24, 2.45) is 0 Å². The van der Waals surface area contributed by atoms with E-state index in [-0.39, 0.29) is 18.0 Å². The first-order valence-corrected chi connectivity index (χ1v) is 5.70. The fourth-order valence-corrected chi connectivity index (χ4v) is 1.87. The normalized spacial score (nSPS) is 15.9. The standard InChI is InChI=1S/C12H16N2O3/c1-10-3-2-4-11(15)14(10)9-12(16)13-5-7-17-8-6-13/h2-4H,5-9H2,1H3. The lowest BCUT2D eigenvalue weighted by atomic mass is 10.3. The average Bonchev–Trinajstić information content (AvgIpc) is 2.35. The number of carbonyl (C=O) groups is 1. The summed E-state index contributed by atoms with van der Waals surface area (Å²) in [6.45, 7) is 4.32. The monoisotopic (exact) mass is 236 g/mol. The lowest BCUT2D eigenvalue weighted by Gasteiger charge is -2.27. The zero-order valence-electron chi connectivity index (χ0n) is 9.89. The number of hydrogen-bond donors (Lipinski definition) is 0. The minimum absolute atomic E-state index is 0.0234. The summed E-state index contributed by atoms with van der Waals surface area (Å²) in [6, 6.07) is 5.00. The van der Waals surface area contributed by atoms with Gasteiger partial charge in [-0.15, -0.1) is 0 Å². The van der Waals surface area contributed by atoms with Crippen molar-refractivity contribution in [2.45, 2.75) is 13.5 Å². The van der Waals surface area contributed by atoms with Gasteiger partial charge in [-0.25, -0.2) is 0 Å². The minimum atomic E-state index is -0.133. The van der Waals surface area contributed by atoms with Crippen LogP contribution in [0, 0.1) is 6.92 Å². The molecule has 5 heteroatoms. The Hall–Kier alpha value is -1.62. The molecule has 0 spiro atoms. The summed E-state index contributed by atoms with van der Waals surface area (Å²) in [7, 11) is 0. The number of ether oxygens (including phenoxy) is 1. The number of nitrogens with zero attached hydrogens (tertiary/aromatic N) is 2. The molecule has 1 aliphatic rings. The summed E-state index contributed by atoms with van der Waals surface area (Å²) in [5.74, 6) is -0.0234. The van der Waals surface area contributed by atoms with Gasteiger partial charge < -0.3 is 14.2 Å².